The Kier molecular flexibility index (Phi) is 6.33. The van der Waals surface area contributed by atoms with Crippen LogP contribution in [0.5, 0.6) is 0 Å². The molecule has 0 saturated carbocycles. The number of carbonyl (C=O) groups excluding carboxylic acids is 1. The number of aliphatic imine (C=N–C) groups is 1. The number of anilines is 1. The molecule has 1 aromatic heterocycles. The zero-order valence-electron chi connectivity index (χ0n) is 12.1. The smallest absolute Gasteiger partial charge is 0.243 e. The van der Waals surface area contributed by atoms with Crippen molar-refractivity contribution in [3.8, 4) is 0 Å². The molecule has 0 bridgehead atoms. The Balaban J connectivity index is 1.68. The quantitative estimate of drug-likeness (QED) is 0.560. The van der Waals surface area contributed by atoms with E-state index in [1.54, 1.807) is 31.6 Å². The van der Waals surface area contributed by atoms with Gasteiger partial charge < -0.3 is 16.0 Å². The predicted octanol–water partition coefficient (Wildman–Crippen LogP) is 1.08. The third-order valence-corrected chi connectivity index (χ3v) is 4.50. The third-order valence-electron chi connectivity index (χ3n) is 3.11. The number of rotatable bonds is 5. The highest BCUT2D eigenvalue weighted by atomic mass is 32.2. The van der Waals surface area contributed by atoms with Crippen molar-refractivity contribution in [1.82, 2.24) is 15.6 Å². The molecule has 114 valence electrons. The summed E-state index contributed by atoms with van der Waals surface area (Å²) >= 11 is 1.99. The SMILES string of the molecule is CN=C(NCC(=O)Nc1cccnc1)NCC1CCCS1. The number of hydrogen-bond donors (Lipinski definition) is 3. The maximum absolute atomic E-state index is 11.8. The van der Waals surface area contributed by atoms with Crippen LogP contribution in [0.3, 0.4) is 0 Å². The molecule has 0 aliphatic carbocycles. The molecule has 1 atom stereocenters. The van der Waals surface area contributed by atoms with E-state index in [0.717, 1.165) is 6.54 Å². The van der Waals surface area contributed by atoms with Crippen molar-refractivity contribution >= 4 is 29.3 Å². The molecule has 2 rings (SSSR count). The second kappa shape index (κ2) is 8.51. The number of guanidine groups is 1. The van der Waals surface area contributed by atoms with E-state index in [9.17, 15) is 4.79 Å². The Morgan fingerprint density at radius 2 is 2.43 bits per heavy atom. The fourth-order valence-corrected chi connectivity index (χ4v) is 3.24. The van der Waals surface area contributed by atoms with E-state index in [0.29, 0.717) is 16.9 Å². The molecule has 7 heteroatoms. The normalized spacial score (nSPS) is 18.3. The molecule has 1 amide bonds. The van der Waals surface area contributed by atoms with Crippen LogP contribution in [0.2, 0.25) is 0 Å². The van der Waals surface area contributed by atoms with Gasteiger partial charge in [-0.1, -0.05) is 0 Å². The van der Waals surface area contributed by atoms with Crippen molar-refractivity contribution in [2.45, 2.75) is 18.1 Å². The van der Waals surface area contributed by atoms with Crippen molar-refractivity contribution < 1.29 is 4.79 Å². The van der Waals surface area contributed by atoms with Crippen molar-refractivity contribution in [1.29, 1.82) is 0 Å². The summed E-state index contributed by atoms with van der Waals surface area (Å²) in [6.07, 6.45) is 5.82. The molecule has 21 heavy (non-hydrogen) atoms. The van der Waals surface area contributed by atoms with Gasteiger partial charge in [0.2, 0.25) is 5.91 Å². The van der Waals surface area contributed by atoms with Crippen LogP contribution in [0.4, 0.5) is 5.69 Å². The molecule has 1 aromatic rings. The maximum atomic E-state index is 11.8. The zero-order valence-corrected chi connectivity index (χ0v) is 12.9. The van der Waals surface area contributed by atoms with Gasteiger partial charge >= 0.3 is 0 Å². The number of aromatic nitrogens is 1. The molecular weight excluding hydrogens is 286 g/mol. The van der Waals surface area contributed by atoms with E-state index < -0.39 is 0 Å². The van der Waals surface area contributed by atoms with Crippen LogP contribution in [-0.2, 0) is 4.79 Å². The van der Waals surface area contributed by atoms with E-state index in [1.807, 2.05) is 11.8 Å². The van der Waals surface area contributed by atoms with E-state index in [1.165, 1.54) is 18.6 Å². The molecule has 0 spiro atoms. The molecular formula is C14H21N5OS. The standard InChI is InChI=1S/C14H21N5OS/c1-15-14(17-9-12-5-3-7-21-12)18-10-13(20)19-11-4-2-6-16-8-11/h2,4,6,8,12H,3,5,7,9-10H2,1H3,(H,19,20)(H2,15,17,18). The second-order valence-electron chi connectivity index (χ2n) is 4.73. The summed E-state index contributed by atoms with van der Waals surface area (Å²) in [4.78, 5) is 19.9. The van der Waals surface area contributed by atoms with E-state index >= 15 is 0 Å². The summed E-state index contributed by atoms with van der Waals surface area (Å²) in [7, 11) is 1.70. The van der Waals surface area contributed by atoms with Gasteiger partial charge in [-0.3, -0.25) is 14.8 Å². The molecule has 3 N–H and O–H groups in total. The predicted molar refractivity (Wildman–Crippen MR) is 87.7 cm³/mol. The van der Waals surface area contributed by atoms with Gasteiger partial charge in [0.1, 0.15) is 0 Å². The molecule has 6 nitrogen and oxygen atoms in total. The van der Waals surface area contributed by atoms with Gasteiger partial charge in [-0.25, -0.2) is 0 Å². The first-order valence-corrected chi connectivity index (χ1v) is 8.09. The van der Waals surface area contributed by atoms with Gasteiger partial charge in [0.15, 0.2) is 5.96 Å². The summed E-state index contributed by atoms with van der Waals surface area (Å²) in [6, 6.07) is 3.58. The van der Waals surface area contributed by atoms with Crippen molar-refractivity contribution in [2.24, 2.45) is 4.99 Å². The summed E-state index contributed by atoms with van der Waals surface area (Å²) in [6.45, 7) is 1.06. The summed E-state index contributed by atoms with van der Waals surface area (Å²) < 4.78 is 0. The summed E-state index contributed by atoms with van der Waals surface area (Å²) in [5.74, 6) is 1.77. The Morgan fingerprint density at radius 1 is 1.52 bits per heavy atom. The topological polar surface area (TPSA) is 78.4 Å². The van der Waals surface area contributed by atoms with Gasteiger partial charge in [0.05, 0.1) is 18.4 Å². The van der Waals surface area contributed by atoms with Crippen molar-refractivity contribution in [2.75, 3.05) is 31.2 Å². The lowest BCUT2D eigenvalue weighted by atomic mass is 10.2. The maximum Gasteiger partial charge on any atom is 0.243 e. The van der Waals surface area contributed by atoms with E-state index in [4.69, 9.17) is 0 Å². The molecule has 1 aliphatic heterocycles. The van der Waals surface area contributed by atoms with Crippen LogP contribution in [0.15, 0.2) is 29.5 Å². The molecule has 0 aromatic carbocycles. The first-order chi connectivity index (χ1) is 10.3. The number of amides is 1. The molecule has 1 fully saturated rings. The Hall–Kier alpha value is -1.76. The van der Waals surface area contributed by atoms with Crippen LogP contribution in [0, 0.1) is 0 Å². The third kappa shape index (κ3) is 5.63. The number of carbonyl (C=O) groups is 1. The molecule has 2 heterocycles. The summed E-state index contributed by atoms with van der Waals surface area (Å²) in [5, 5.41) is 9.68. The van der Waals surface area contributed by atoms with E-state index in [2.05, 4.69) is 25.9 Å². The Bertz CT molecular complexity index is 474. The van der Waals surface area contributed by atoms with Crippen LogP contribution in [0.25, 0.3) is 0 Å². The number of hydrogen-bond acceptors (Lipinski definition) is 4. The average Bonchev–Trinajstić information content (AvgIpc) is 3.02. The highest BCUT2D eigenvalue weighted by Crippen LogP contribution is 2.25. The zero-order chi connectivity index (χ0) is 14.9. The highest BCUT2D eigenvalue weighted by molar-refractivity contribution is 8.00. The fourth-order valence-electron chi connectivity index (χ4n) is 2.04. The Morgan fingerprint density at radius 3 is 3.10 bits per heavy atom. The fraction of sp³-hybridized carbons (Fsp3) is 0.500. The molecule has 1 aliphatic rings. The van der Waals surface area contributed by atoms with Crippen molar-refractivity contribution in [3.05, 3.63) is 24.5 Å². The first-order valence-electron chi connectivity index (χ1n) is 7.04. The van der Waals surface area contributed by atoms with Crippen LogP contribution >= 0.6 is 11.8 Å². The van der Waals surface area contributed by atoms with Gasteiger partial charge in [0.25, 0.3) is 0 Å². The van der Waals surface area contributed by atoms with Crippen LogP contribution < -0.4 is 16.0 Å². The lowest BCUT2D eigenvalue weighted by Crippen LogP contribution is -2.43. The molecule has 1 saturated heterocycles. The largest absolute Gasteiger partial charge is 0.355 e. The van der Waals surface area contributed by atoms with Crippen LogP contribution in [0.1, 0.15) is 12.8 Å². The Labute approximate surface area is 129 Å². The van der Waals surface area contributed by atoms with Crippen LogP contribution in [-0.4, -0.2) is 48.0 Å². The second-order valence-corrected chi connectivity index (χ2v) is 6.14. The first kappa shape index (κ1) is 15.6. The van der Waals surface area contributed by atoms with E-state index in [-0.39, 0.29) is 12.5 Å². The number of pyridine rings is 1. The van der Waals surface area contributed by atoms with Gasteiger partial charge in [0, 0.05) is 25.0 Å². The average molecular weight is 307 g/mol. The minimum Gasteiger partial charge on any atom is -0.355 e. The lowest BCUT2D eigenvalue weighted by molar-refractivity contribution is -0.115. The number of nitrogens with zero attached hydrogens (tertiary/aromatic N) is 2. The minimum atomic E-state index is -0.124. The van der Waals surface area contributed by atoms with Gasteiger partial charge in [-0.2, -0.15) is 11.8 Å². The summed E-state index contributed by atoms with van der Waals surface area (Å²) in [5.41, 5.74) is 0.689. The van der Waals surface area contributed by atoms with Gasteiger partial charge in [-0.05, 0) is 30.7 Å². The monoisotopic (exact) mass is 307 g/mol. The molecule has 1 unspecified atom stereocenters. The minimum absolute atomic E-state index is 0.124. The van der Waals surface area contributed by atoms with Gasteiger partial charge in [-0.15, -0.1) is 0 Å². The number of thioether (sulfide) groups is 1. The number of nitrogens with one attached hydrogen (secondary N) is 3. The highest BCUT2D eigenvalue weighted by Gasteiger charge is 2.15. The molecule has 0 radical (unpaired) electrons. The van der Waals surface area contributed by atoms with Crippen molar-refractivity contribution in [3.63, 3.8) is 0 Å². The lowest BCUT2D eigenvalue weighted by Gasteiger charge is -2.14.